The second-order valence-electron chi connectivity index (χ2n) is 8.82. The second kappa shape index (κ2) is 13.0. The van der Waals surface area contributed by atoms with E-state index >= 15 is 0 Å². The predicted octanol–water partition coefficient (Wildman–Crippen LogP) is 7.58. The van der Waals surface area contributed by atoms with Gasteiger partial charge in [0, 0.05) is 16.9 Å². The maximum absolute atomic E-state index is 14.7. The Kier molecular flexibility index (Phi) is 11.1. The topological polar surface area (TPSA) is 44.8 Å². The maximum atomic E-state index is 14.7. The van der Waals surface area contributed by atoms with Gasteiger partial charge in [-0.1, -0.05) is 11.6 Å². The number of rotatable bonds is 13. The molecule has 0 radical (unpaired) electrons. The highest BCUT2D eigenvalue weighted by molar-refractivity contribution is 7.09. The number of carbonyl (C=O) groups excluding carboxylic acids is 1. The highest BCUT2D eigenvalue weighted by Crippen LogP contribution is 2.55. The summed E-state index contributed by atoms with van der Waals surface area (Å²) in [5, 5.41) is 1.76. The van der Waals surface area contributed by atoms with E-state index in [4.69, 9.17) is 14.2 Å². The minimum atomic E-state index is -7.00. The van der Waals surface area contributed by atoms with Crippen LogP contribution in [-0.2, 0) is 25.4 Å². The number of aryl methyl sites for hydroxylation is 1. The van der Waals surface area contributed by atoms with Crippen molar-refractivity contribution in [3.05, 3.63) is 33.5 Å². The third-order valence-corrected chi connectivity index (χ3v) is 7.11. The van der Waals surface area contributed by atoms with Gasteiger partial charge in [0.05, 0.1) is 19.8 Å². The van der Waals surface area contributed by atoms with Crippen molar-refractivity contribution in [1.82, 2.24) is 0 Å². The summed E-state index contributed by atoms with van der Waals surface area (Å²) in [5.41, 5.74) is -0.306. The van der Waals surface area contributed by atoms with E-state index < -0.39 is 55.0 Å². The molecule has 1 atom stereocenters. The standard InChI is InChI=1S/C24H29F9O4S/c1-3-35-20(34)18(9-8-17-6-4-13-38-17)15(2)16(7-10-19-36-11-5-12-37-19)14-21(25,26)22(27,28)23(29,30)24(31,32)33/h4,6,13,16,19H,3,5,7-12,14H2,1-2H3/b18-15-. The lowest BCUT2D eigenvalue weighted by molar-refractivity contribution is -0.397. The largest absolute Gasteiger partial charge is 0.463 e. The van der Waals surface area contributed by atoms with Crippen LogP contribution in [0.4, 0.5) is 39.5 Å². The summed E-state index contributed by atoms with van der Waals surface area (Å²) in [5.74, 6) is -22.2. The highest BCUT2D eigenvalue weighted by atomic mass is 32.1. The Morgan fingerprint density at radius 1 is 1.08 bits per heavy atom. The molecule has 1 aliphatic heterocycles. The van der Waals surface area contributed by atoms with Crippen LogP contribution in [0.25, 0.3) is 0 Å². The number of alkyl halides is 9. The molecule has 0 spiro atoms. The van der Waals surface area contributed by atoms with Gasteiger partial charge in [0.15, 0.2) is 6.29 Å². The van der Waals surface area contributed by atoms with Crippen LogP contribution in [0, 0.1) is 5.92 Å². The van der Waals surface area contributed by atoms with Crippen LogP contribution in [0.1, 0.15) is 50.8 Å². The number of allylic oxidation sites excluding steroid dienone is 1. The number of hydrogen-bond acceptors (Lipinski definition) is 5. The molecule has 1 fully saturated rings. The number of hydrogen-bond donors (Lipinski definition) is 0. The van der Waals surface area contributed by atoms with E-state index in [0.717, 1.165) is 4.88 Å². The monoisotopic (exact) mass is 584 g/mol. The zero-order chi connectivity index (χ0) is 28.8. The summed E-state index contributed by atoms with van der Waals surface area (Å²) in [6, 6.07) is 3.48. The van der Waals surface area contributed by atoms with Crippen molar-refractivity contribution >= 4 is 17.3 Å². The quantitative estimate of drug-likeness (QED) is 0.136. The van der Waals surface area contributed by atoms with Crippen LogP contribution in [-0.4, -0.2) is 56.0 Å². The lowest BCUT2D eigenvalue weighted by Crippen LogP contribution is -2.61. The number of thiophene rings is 1. The first kappa shape index (κ1) is 32.4. The Hall–Kier alpha value is -1.80. The van der Waals surface area contributed by atoms with Gasteiger partial charge in [-0.3, -0.25) is 0 Å². The van der Waals surface area contributed by atoms with Crippen molar-refractivity contribution in [3.63, 3.8) is 0 Å². The lowest BCUT2D eigenvalue weighted by Gasteiger charge is -2.36. The minimum absolute atomic E-state index is 0.0568. The molecule has 38 heavy (non-hydrogen) atoms. The molecule has 14 heteroatoms. The second-order valence-corrected chi connectivity index (χ2v) is 9.85. The first-order valence-corrected chi connectivity index (χ1v) is 12.8. The summed E-state index contributed by atoms with van der Waals surface area (Å²) in [4.78, 5) is 13.5. The van der Waals surface area contributed by atoms with Crippen LogP contribution in [0.5, 0.6) is 0 Å². The SMILES string of the molecule is CCOC(=O)/C(CCc1cccs1)=C(/C)C(CCC1OCCCO1)CC(F)(F)C(F)(F)C(F)(F)C(F)(F)F. The lowest BCUT2D eigenvalue weighted by atomic mass is 9.83. The molecule has 0 aliphatic carbocycles. The molecular formula is C24H29F9O4S. The van der Waals surface area contributed by atoms with Gasteiger partial charge in [-0.15, -0.1) is 11.3 Å². The number of esters is 1. The van der Waals surface area contributed by atoms with Gasteiger partial charge >= 0.3 is 29.9 Å². The third-order valence-electron chi connectivity index (χ3n) is 6.17. The summed E-state index contributed by atoms with van der Waals surface area (Å²) in [6.45, 7) is 3.10. The molecule has 2 rings (SSSR count). The molecule has 4 nitrogen and oxygen atoms in total. The third kappa shape index (κ3) is 7.65. The van der Waals surface area contributed by atoms with Crippen LogP contribution in [0.3, 0.4) is 0 Å². The van der Waals surface area contributed by atoms with E-state index in [1.807, 2.05) is 0 Å². The highest BCUT2D eigenvalue weighted by Gasteiger charge is 2.81. The Morgan fingerprint density at radius 2 is 1.71 bits per heavy atom. The fourth-order valence-electron chi connectivity index (χ4n) is 3.99. The fourth-order valence-corrected chi connectivity index (χ4v) is 4.69. The molecule has 0 aromatic carbocycles. The van der Waals surface area contributed by atoms with Crippen molar-refractivity contribution in [1.29, 1.82) is 0 Å². The molecule has 1 aromatic rings. The zero-order valence-corrected chi connectivity index (χ0v) is 21.5. The van der Waals surface area contributed by atoms with E-state index in [2.05, 4.69) is 0 Å². The van der Waals surface area contributed by atoms with E-state index in [9.17, 15) is 44.3 Å². The van der Waals surface area contributed by atoms with Gasteiger partial charge in [-0.2, -0.15) is 39.5 Å². The van der Waals surface area contributed by atoms with Gasteiger partial charge in [0.2, 0.25) is 0 Å². The van der Waals surface area contributed by atoms with Gasteiger partial charge in [0.1, 0.15) is 0 Å². The van der Waals surface area contributed by atoms with E-state index in [-0.39, 0.29) is 50.2 Å². The summed E-state index contributed by atoms with van der Waals surface area (Å²) >= 11 is 1.34. The maximum Gasteiger partial charge on any atom is 0.460 e. The average Bonchev–Trinajstić information content (AvgIpc) is 3.35. The zero-order valence-electron chi connectivity index (χ0n) is 20.7. The fraction of sp³-hybridized carbons (Fsp3) is 0.708. The van der Waals surface area contributed by atoms with Crippen LogP contribution in [0.2, 0.25) is 0 Å². The molecule has 0 amide bonds. The molecular weight excluding hydrogens is 555 g/mol. The van der Waals surface area contributed by atoms with Crippen molar-refractivity contribution in [2.75, 3.05) is 19.8 Å². The van der Waals surface area contributed by atoms with Crippen molar-refractivity contribution in [3.8, 4) is 0 Å². The number of halogens is 9. The van der Waals surface area contributed by atoms with E-state index in [0.29, 0.717) is 6.42 Å². The van der Waals surface area contributed by atoms with Crippen molar-refractivity contribution < 1.29 is 58.5 Å². The predicted molar refractivity (Wildman–Crippen MR) is 121 cm³/mol. The Bertz CT molecular complexity index is 924. The molecule has 218 valence electrons. The summed E-state index contributed by atoms with van der Waals surface area (Å²) in [6.07, 6.45) is -9.73. The van der Waals surface area contributed by atoms with Gasteiger partial charge in [-0.05, 0) is 63.3 Å². The first-order valence-electron chi connectivity index (χ1n) is 11.9. The van der Waals surface area contributed by atoms with Crippen LogP contribution in [0.15, 0.2) is 28.7 Å². The van der Waals surface area contributed by atoms with Crippen LogP contribution >= 0.6 is 11.3 Å². The van der Waals surface area contributed by atoms with Crippen molar-refractivity contribution in [2.45, 2.75) is 82.6 Å². The smallest absolute Gasteiger partial charge is 0.460 e. The molecule has 0 bridgehead atoms. The minimum Gasteiger partial charge on any atom is -0.463 e. The molecule has 1 aromatic heterocycles. The van der Waals surface area contributed by atoms with Gasteiger partial charge in [-0.25, -0.2) is 4.79 Å². The summed E-state index contributed by atoms with van der Waals surface area (Å²) < 4.78 is 138. The normalized spacial score (nSPS) is 17.8. The molecule has 0 saturated carbocycles. The van der Waals surface area contributed by atoms with Gasteiger partial charge < -0.3 is 14.2 Å². The molecule has 0 N–H and O–H groups in total. The van der Waals surface area contributed by atoms with Crippen LogP contribution < -0.4 is 0 Å². The van der Waals surface area contributed by atoms with E-state index in [1.165, 1.54) is 25.2 Å². The van der Waals surface area contributed by atoms with Gasteiger partial charge in [0.25, 0.3) is 0 Å². The Labute approximate surface area is 218 Å². The molecule has 1 aliphatic rings. The first-order chi connectivity index (χ1) is 17.5. The molecule has 1 saturated heterocycles. The Balaban J connectivity index is 2.45. The number of carbonyl (C=O) groups is 1. The summed E-state index contributed by atoms with van der Waals surface area (Å²) in [7, 11) is 0. The van der Waals surface area contributed by atoms with Crippen molar-refractivity contribution in [2.24, 2.45) is 5.92 Å². The molecule has 2 heterocycles. The molecule has 1 unspecified atom stereocenters. The number of ether oxygens (including phenoxy) is 3. The average molecular weight is 585 g/mol. The Morgan fingerprint density at radius 3 is 2.24 bits per heavy atom. The van der Waals surface area contributed by atoms with E-state index in [1.54, 1.807) is 17.5 Å².